The summed E-state index contributed by atoms with van der Waals surface area (Å²) in [5, 5.41) is 5.58. The molecule has 0 aliphatic heterocycles. The van der Waals surface area contributed by atoms with Gasteiger partial charge in [0.15, 0.2) is 0 Å². The van der Waals surface area contributed by atoms with Crippen LogP contribution in [0.3, 0.4) is 0 Å². The average molecular weight is 290 g/mol. The lowest BCUT2D eigenvalue weighted by molar-refractivity contribution is 0.601. The Morgan fingerprint density at radius 2 is 1.43 bits per heavy atom. The van der Waals surface area contributed by atoms with Crippen molar-refractivity contribution in [3.05, 3.63) is 60.2 Å². The fraction of sp³-hybridized carbons (Fsp3) is 0.200. The molecule has 0 amide bonds. The van der Waals surface area contributed by atoms with Crippen LogP contribution in [0.15, 0.2) is 54.6 Å². The first-order valence-corrected chi connectivity index (χ1v) is 8.21. The van der Waals surface area contributed by atoms with Gasteiger partial charge in [0.05, 0.1) is 0 Å². The Bertz CT molecular complexity index is 968. The van der Waals surface area contributed by atoms with Crippen LogP contribution in [0.25, 0.3) is 30.9 Å². The second kappa shape index (κ2) is 4.32. The topological polar surface area (TPSA) is 0 Å². The van der Waals surface area contributed by atoms with Crippen molar-refractivity contribution in [3.8, 4) is 0 Å². The molecule has 0 N–H and O–H groups in total. The summed E-state index contributed by atoms with van der Waals surface area (Å²) in [6.07, 6.45) is 0. The number of benzene rings is 3. The summed E-state index contributed by atoms with van der Waals surface area (Å²) in [6.45, 7) is 6.96. The molecule has 0 bridgehead atoms. The van der Waals surface area contributed by atoms with E-state index in [1.54, 1.807) is 0 Å². The van der Waals surface area contributed by atoms with E-state index in [9.17, 15) is 0 Å². The molecule has 4 rings (SSSR count). The Labute approximate surface area is 129 Å². The van der Waals surface area contributed by atoms with E-state index in [0.717, 1.165) is 0 Å². The van der Waals surface area contributed by atoms with E-state index in [4.69, 9.17) is 0 Å². The number of thiophene rings is 1. The summed E-state index contributed by atoms with van der Waals surface area (Å²) in [6, 6.07) is 19.9. The van der Waals surface area contributed by atoms with Gasteiger partial charge in [-0.15, -0.1) is 11.3 Å². The molecule has 0 saturated heterocycles. The molecule has 1 aromatic heterocycles. The van der Waals surface area contributed by atoms with Crippen molar-refractivity contribution in [1.82, 2.24) is 0 Å². The van der Waals surface area contributed by atoms with Gasteiger partial charge in [0, 0.05) is 20.2 Å². The Hall–Kier alpha value is -1.86. The Morgan fingerprint density at radius 3 is 2.19 bits per heavy atom. The fourth-order valence-corrected chi connectivity index (χ4v) is 4.49. The SMILES string of the molecule is CC(C)(C)c1c2ccccc2cc2sc3ccccc3c12. The van der Waals surface area contributed by atoms with Crippen LogP contribution in [0.2, 0.25) is 0 Å². The lowest BCUT2D eigenvalue weighted by Gasteiger charge is -2.23. The maximum atomic E-state index is 2.35. The van der Waals surface area contributed by atoms with E-state index in [1.807, 2.05) is 11.3 Å². The van der Waals surface area contributed by atoms with Gasteiger partial charge in [0.25, 0.3) is 0 Å². The largest absolute Gasteiger partial charge is 0.135 e. The number of fused-ring (bicyclic) bond motifs is 4. The molecule has 1 heteroatoms. The highest BCUT2D eigenvalue weighted by molar-refractivity contribution is 7.25. The highest BCUT2D eigenvalue weighted by Crippen LogP contribution is 2.43. The minimum Gasteiger partial charge on any atom is -0.135 e. The smallest absolute Gasteiger partial charge is 0.0364 e. The first-order chi connectivity index (χ1) is 10.1. The predicted molar refractivity (Wildman–Crippen MR) is 95.5 cm³/mol. The van der Waals surface area contributed by atoms with Gasteiger partial charge in [-0.2, -0.15) is 0 Å². The molecule has 3 aromatic carbocycles. The van der Waals surface area contributed by atoms with Gasteiger partial charge >= 0.3 is 0 Å². The normalized spacial score (nSPS) is 12.5. The standard InChI is InChI=1S/C20H18S/c1-20(2,3)19-14-9-5-4-8-13(14)12-17-18(19)15-10-6-7-11-16(15)21-17/h4-12H,1-3H3. The van der Waals surface area contributed by atoms with Gasteiger partial charge < -0.3 is 0 Å². The van der Waals surface area contributed by atoms with Crippen LogP contribution < -0.4 is 0 Å². The van der Waals surface area contributed by atoms with Crippen LogP contribution >= 0.6 is 11.3 Å². The average Bonchev–Trinajstić information content (AvgIpc) is 2.81. The zero-order chi connectivity index (χ0) is 14.6. The zero-order valence-electron chi connectivity index (χ0n) is 12.6. The third-order valence-electron chi connectivity index (χ3n) is 4.14. The maximum Gasteiger partial charge on any atom is 0.0364 e. The summed E-state index contributed by atoms with van der Waals surface area (Å²) < 4.78 is 2.79. The second-order valence-electron chi connectivity index (χ2n) is 6.69. The van der Waals surface area contributed by atoms with Crippen molar-refractivity contribution in [2.75, 3.05) is 0 Å². The van der Waals surface area contributed by atoms with Gasteiger partial charge in [-0.25, -0.2) is 0 Å². The second-order valence-corrected chi connectivity index (χ2v) is 7.78. The zero-order valence-corrected chi connectivity index (χ0v) is 13.4. The highest BCUT2D eigenvalue weighted by atomic mass is 32.1. The molecular weight excluding hydrogens is 272 g/mol. The van der Waals surface area contributed by atoms with Gasteiger partial charge in [0.2, 0.25) is 0 Å². The molecule has 0 radical (unpaired) electrons. The molecular formula is C20H18S. The lowest BCUT2D eigenvalue weighted by Crippen LogP contribution is -2.12. The fourth-order valence-electron chi connectivity index (χ4n) is 3.33. The van der Waals surface area contributed by atoms with Crippen LogP contribution in [0.1, 0.15) is 26.3 Å². The number of rotatable bonds is 0. The van der Waals surface area contributed by atoms with E-state index >= 15 is 0 Å². The van der Waals surface area contributed by atoms with Gasteiger partial charge in [0.1, 0.15) is 0 Å². The summed E-state index contributed by atoms with van der Waals surface area (Å²) in [7, 11) is 0. The van der Waals surface area contributed by atoms with E-state index in [0.29, 0.717) is 0 Å². The molecule has 0 aliphatic carbocycles. The third-order valence-corrected chi connectivity index (χ3v) is 5.26. The Morgan fingerprint density at radius 1 is 0.762 bits per heavy atom. The van der Waals surface area contributed by atoms with Gasteiger partial charge in [-0.05, 0) is 33.9 Å². The minimum atomic E-state index is 0.128. The van der Waals surface area contributed by atoms with Crippen LogP contribution in [0.5, 0.6) is 0 Å². The molecule has 0 saturated carbocycles. The molecule has 4 aromatic rings. The summed E-state index contributed by atoms with van der Waals surface area (Å²) in [4.78, 5) is 0. The molecule has 0 spiro atoms. The molecule has 104 valence electrons. The predicted octanol–water partition coefficient (Wildman–Crippen LogP) is 6.51. The van der Waals surface area contributed by atoms with Crippen LogP contribution in [-0.2, 0) is 5.41 Å². The van der Waals surface area contributed by atoms with Crippen LogP contribution in [-0.4, -0.2) is 0 Å². The van der Waals surface area contributed by atoms with E-state index in [2.05, 4.69) is 75.4 Å². The Balaban J connectivity index is 2.34. The van der Waals surface area contributed by atoms with Crippen LogP contribution in [0, 0.1) is 0 Å². The third kappa shape index (κ3) is 1.88. The summed E-state index contributed by atoms with van der Waals surface area (Å²) in [5.74, 6) is 0. The van der Waals surface area contributed by atoms with Crippen molar-refractivity contribution in [3.63, 3.8) is 0 Å². The van der Waals surface area contributed by atoms with E-state index < -0.39 is 0 Å². The van der Waals surface area contributed by atoms with Crippen molar-refractivity contribution in [2.45, 2.75) is 26.2 Å². The van der Waals surface area contributed by atoms with Crippen molar-refractivity contribution in [1.29, 1.82) is 0 Å². The number of hydrogen-bond acceptors (Lipinski definition) is 1. The summed E-state index contributed by atoms with van der Waals surface area (Å²) >= 11 is 1.91. The first-order valence-electron chi connectivity index (χ1n) is 7.39. The maximum absolute atomic E-state index is 2.35. The van der Waals surface area contributed by atoms with E-state index in [1.165, 1.54) is 36.5 Å². The quantitative estimate of drug-likeness (QED) is 0.346. The van der Waals surface area contributed by atoms with Crippen LogP contribution in [0.4, 0.5) is 0 Å². The van der Waals surface area contributed by atoms with Crippen molar-refractivity contribution >= 4 is 42.3 Å². The molecule has 0 atom stereocenters. The molecule has 0 unspecified atom stereocenters. The van der Waals surface area contributed by atoms with Gasteiger partial charge in [-0.3, -0.25) is 0 Å². The highest BCUT2D eigenvalue weighted by Gasteiger charge is 2.22. The first kappa shape index (κ1) is 12.8. The molecule has 21 heavy (non-hydrogen) atoms. The molecule has 0 aliphatic rings. The summed E-state index contributed by atoms with van der Waals surface area (Å²) in [5.41, 5.74) is 1.61. The minimum absolute atomic E-state index is 0.128. The van der Waals surface area contributed by atoms with Crippen molar-refractivity contribution in [2.24, 2.45) is 0 Å². The van der Waals surface area contributed by atoms with E-state index in [-0.39, 0.29) is 5.41 Å². The van der Waals surface area contributed by atoms with Gasteiger partial charge in [-0.1, -0.05) is 63.2 Å². The number of hydrogen-bond donors (Lipinski definition) is 0. The molecule has 0 nitrogen and oxygen atoms in total. The Kier molecular flexibility index (Phi) is 2.64. The lowest BCUT2D eigenvalue weighted by atomic mass is 9.81. The van der Waals surface area contributed by atoms with Crippen molar-refractivity contribution < 1.29 is 0 Å². The monoisotopic (exact) mass is 290 g/mol. The molecule has 1 heterocycles. The molecule has 0 fully saturated rings.